The lowest BCUT2D eigenvalue weighted by Crippen LogP contribution is -2.37. The van der Waals surface area contributed by atoms with Crippen molar-refractivity contribution in [2.24, 2.45) is 0 Å². The second-order valence-corrected chi connectivity index (χ2v) is 5.50. The number of ether oxygens (including phenoxy) is 2. The maximum Gasteiger partial charge on any atom is 0.306 e. The zero-order chi connectivity index (χ0) is 21.5. The molecule has 0 aliphatic heterocycles. The van der Waals surface area contributed by atoms with Crippen LogP contribution in [0.3, 0.4) is 0 Å². The Balaban J connectivity index is 4.45. The van der Waals surface area contributed by atoms with E-state index in [-0.39, 0.29) is 45.6 Å². The van der Waals surface area contributed by atoms with Gasteiger partial charge in [0.05, 0.1) is 45.2 Å². The standard InChI is InChI=1S/C16H23NO11/c18-11(1-2-12(19)20)17(7-9-27-15(25)5-3-13(21)22)8-10-28-16(26)6-4-14(23)24/h1-10H2,(H,19,20)(H,21,22)(H,23,24). The summed E-state index contributed by atoms with van der Waals surface area (Å²) in [5, 5.41) is 25.6. The molecule has 0 aromatic heterocycles. The van der Waals surface area contributed by atoms with Crippen molar-refractivity contribution in [1.82, 2.24) is 4.90 Å². The lowest BCUT2D eigenvalue weighted by molar-refractivity contribution is -0.150. The van der Waals surface area contributed by atoms with E-state index in [9.17, 15) is 28.8 Å². The Labute approximate surface area is 160 Å². The Morgan fingerprint density at radius 1 is 0.571 bits per heavy atom. The molecule has 12 heteroatoms. The van der Waals surface area contributed by atoms with Crippen molar-refractivity contribution >= 4 is 35.8 Å². The van der Waals surface area contributed by atoms with E-state index in [0.29, 0.717) is 0 Å². The van der Waals surface area contributed by atoms with Crippen molar-refractivity contribution in [2.45, 2.75) is 38.5 Å². The van der Waals surface area contributed by atoms with Gasteiger partial charge in [0.2, 0.25) is 5.91 Å². The van der Waals surface area contributed by atoms with Crippen LogP contribution in [-0.2, 0) is 38.2 Å². The molecule has 158 valence electrons. The highest BCUT2D eigenvalue weighted by Crippen LogP contribution is 2.01. The van der Waals surface area contributed by atoms with Gasteiger partial charge >= 0.3 is 29.8 Å². The molecule has 0 heterocycles. The van der Waals surface area contributed by atoms with Crippen molar-refractivity contribution in [3.8, 4) is 0 Å². The van der Waals surface area contributed by atoms with Crippen molar-refractivity contribution in [1.29, 1.82) is 0 Å². The van der Waals surface area contributed by atoms with E-state index in [4.69, 9.17) is 24.8 Å². The summed E-state index contributed by atoms with van der Waals surface area (Å²) in [6.07, 6.45) is -2.17. The summed E-state index contributed by atoms with van der Waals surface area (Å²) in [5.74, 6) is -5.58. The number of esters is 2. The smallest absolute Gasteiger partial charge is 0.306 e. The Kier molecular flexibility index (Phi) is 12.4. The first kappa shape index (κ1) is 24.8. The largest absolute Gasteiger partial charge is 0.481 e. The van der Waals surface area contributed by atoms with Crippen LogP contribution in [0.4, 0.5) is 0 Å². The van der Waals surface area contributed by atoms with Crippen LogP contribution in [0.1, 0.15) is 38.5 Å². The topological polar surface area (TPSA) is 185 Å². The number of nitrogens with zero attached hydrogens (tertiary/aromatic N) is 1. The summed E-state index contributed by atoms with van der Waals surface area (Å²) in [7, 11) is 0. The van der Waals surface area contributed by atoms with E-state index in [1.165, 1.54) is 0 Å². The highest BCUT2D eigenvalue weighted by atomic mass is 16.5. The minimum atomic E-state index is -1.17. The molecule has 0 saturated carbocycles. The molecule has 3 N–H and O–H groups in total. The summed E-state index contributed by atoms with van der Waals surface area (Å²) in [6.45, 7) is -0.706. The lowest BCUT2D eigenvalue weighted by Gasteiger charge is -2.22. The SMILES string of the molecule is O=C(O)CCC(=O)OCCN(CCOC(=O)CCC(=O)O)C(=O)CCC(=O)O. The molecule has 1 amide bonds. The third kappa shape index (κ3) is 14.0. The maximum absolute atomic E-state index is 12.1. The van der Waals surface area contributed by atoms with Crippen molar-refractivity contribution in [3.05, 3.63) is 0 Å². The molecule has 0 spiro atoms. The normalized spacial score (nSPS) is 10.0. The number of aliphatic carboxylic acids is 3. The van der Waals surface area contributed by atoms with Crippen LogP contribution in [0, 0.1) is 0 Å². The number of carbonyl (C=O) groups excluding carboxylic acids is 3. The van der Waals surface area contributed by atoms with Crippen molar-refractivity contribution in [3.63, 3.8) is 0 Å². The molecule has 0 atom stereocenters. The Hall–Kier alpha value is -3.18. The molecule has 0 aliphatic carbocycles. The Morgan fingerprint density at radius 2 is 0.929 bits per heavy atom. The third-order valence-electron chi connectivity index (χ3n) is 3.24. The summed E-state index contributed by atoms with van der Waals surface area (Å²) in [5.41, 5.74) is 0. The first-order valence-corrected chi connectivity index (χ1v) is 8.36. The van der Waals surface area contributed by atoms with Gasteiger partial charge in [-0.25, -0.2) is 0 Å². The summed E-state index contributed by atoms with van der Waals surface area (Å²) in [4.78, 5) is 67.2. The molecule has 0 rings (SSSR count). The predicted octanol–water partition coefficient (Wildman–Crippen LogP) is -0.504. The second-order valence-electron chi connectivity index (χ2n) is 5.50. The van der Waals surface area contributed by atoms with E-state index < -0.39 is 55.0 Å². The van der Waals surface area contributed by atoms with E-state index in [2.05, 4.69) is 0 Å². The molecular weight excluding hydrogens is 382 g/mol. The highest BCUT2D eigenvalue weighted by molar-refractivity contribution is 5.81. The molecule has 0 aliphatic rings. The van der Waals surface area contributed by atoms with Gasteiger partial charge in [-0.15, -0.1) is 0 Å². The monoisotopic (exact) mass is 405 g/mol. The number of hydrogen-bond acceptors (Lipinski definition) is 8. The van der Waals surface area contributed by atoms with Crippen LogP contribution in [0.15, 0.2) is 0 Å². The van der Waals surface area contributed by atoms with Gasteiger partial charge in [-0.2, -0.15) is 0 Å². The maximum atomic E-state index is 12.1. The van der Waals surface area contributed by atoms with Gasteiger partial charge in [0.25, 0.3) is 0 Å². The number of amides is 1. The number of carboxylic acids is 3. The molecule has 0 aromatic carbocycles. The van der Waals surface area contributed by atoms with E-state index in [1.807, 2.05) is 0 Å². The summed E-state index contributed by atoms with van der Waals surface area (Å²) < 4.78 is 9.61. The number of carboxylic acid groups (broad SMARTS) is 3. The zero-order valence-corrected chi connectivity index (χ0v) is 15.1. The molecule has 12 nitrogen and oxygen atoms in total. The van der Waals surface area contributed by atoms with Crippen LogP contribution in [0.2, 0.25) is 0 Å². The first-order chi connectivity index (χ1) is 13.1. The molecule has 0 fully saturated rings. The van der Waals surface area contributed by atoms with E-state index in [1.54, 1.807) is 0 Å². The van der Waals surface area contributed by atoms with Crippen molar-refractivity contribution < 1.29 is 53.6 Å². The number of hydrogen-bond donors (Lipinski definition) is 3. The summed E-state index contributed by atoms with van der Waals surface area (Å²) >= 11 is 0. The van der Waals surface area contributed by atoms with Crippen LogP contribution < -0.4 is 0 Å². The Morgan fingerprint density at radius 3 is 1.29 bits per heavy atom. The fraction of sp³-hybridized carbons (Fsp3) is 0.625. The Bertz CT molecular complexity index is 551. The number of rotatable bonds is 15. The molecule has 0 saturated heterocycles. The van der Waals surface area contributed by atoms with Crippen LogP contribution >= 0.6 is 0 Å². The summed E-state index contributed by atoms with van der Waals surface area (Å²) in [6, 6.07) is 0. The van der Waals surface area contributed by atoms with Gasteiger partial charge in [-0.1, -0.05) is 0 Å². The average molecular weight is 405 g/mol. The van der Waals surface area contributed by atoms with Gasteiger partial charge in [0.1, 0.15) is 13.2 Å². The van der Waals surface area contributed by atoms with Crippen LogP contribution in [-0.4, -0.2) is 82.3 Å². The molecule has 0 bridgehead atoms. The molecule has 0 aromatic rings. The first-order valence-electron chi connectivity index (χ1n) is 8.36. The highest BCUT2D eigenvalue weighted by Gasteiger charge is 2.17. The van der Waals surface area contributed by atoms with Crippen LogP contribution in [0.25, 0.3) is 0 Å². The molecular formula is C16H23NO11. The van der Waals surface area contributed by atoms with Crippen molar-refractivity contribution in [2.75, 3.05) is 26.3 Å². The van der Waals surface area contributed by atoms with E-state index >= 15 is 0 Å². The minimum Gasteiger partial charge on any atom is -0.481 e. The van der Waals surface area contributed by atoms with Gasteiger partial charge in [0.15, 0.2) is 0 Å². The predicted molar refractivity (Wildman–Crippen MR) is 89.1 cm³/mol. The van der Waals surface area contributed by atoms with Gasteiger partial charge in [-0.05, 0) is 0 Å². The van der Waals surface area contributed by atoms with E-state index in [0.717, 1.165) is 4.90 Å². The second kappa shape index (κ2) is 13.9. The molecule has 0 radical (unpaired) electrons. The zero-order valence-electron chi connectivity index (χ0n) is 15.1. The molecule has 0 unspecified atom stereocenters. The quantitative estimate of drug-likeness (QED) is 0.298. The number of carbonyl (C=O) groups is 6. The van der Waals surface area contributed by atoms with Crippen LogP contribution in [0.5, 0.6) is 0 Å². The van der Waals surface area contributed by atoms with Gasteiger partial charge < -0.3 is 29.7 Å². The fourth-order valence-electron chi connectivity index (χ4n) is 1.83. The average Bonchev–Trinajstić information content (AvgIpc) is 2.61. The van der Waals surface area contributed by atoms with Gasteiger partial charge in [0, 0.05) is 6.42 Å². The molecule has 28 heavy (non-hydrogen) atoms. The third-order valence-corrected chi connectivity index (χ3v) is 3.24. The minimum absolute atomic E-state index is 0.107. The fourth-order valence-corrected chi connectivity index (χ4v) is 1.83. The lowest BCUT2D eigenvalue weighted by atomic mass is 10.2. The van der Waals surface area contributed by atoms with Gasteiger partial charge in [-0.3, -0.25) is 28.8 Å².